The van der Waals surface area contributed by atoms with E-state index in [4.69, 9.17) is 11.6 Å². The molecular weight excluding hydrogens is 469 g/mol. The van der Waals surface area contributed by atoms with Gasteiger partial charge in [0.05, 0.1) is 4.90 Å². The van der Waals surface area contributed by atoms with E-state index in [9.17, 15) is 8.42 Å². The molecule has 128 valence electrons. The molecule has 0 atom stereocenters. The molecule has 0 fully saturated rings. The summed E-state index contributed by atoms with van der Waals surface area (Å²) in [5.41, 5.74) is 4.79. The number of hydrogen-bond acceptors (Lipinski definition) is 3. The van der Waals surface area contributed by atoms with E-state index in [1.54, 1.807) is 12.1 Å². The minimum atomic E-state index is -3.22. The van der Waals surface area contributed by atoms with E-state index in [2.05, 4.69) is 4.98 Å². The first kappa shape index (κ1) is 18.4. The van der Waals surface area contributed by atoms with Gasteiger partial charge in [0.25, 0.3) is 0 Å². The minimum absolute atomic E-state index is 0.0571. The lowest BCUT2D eigenvalue weighted by Crippen LogP contribution is -2.01. The average Bonchev–Trinajstić information content (AvgIpc) is 2.62. The highest BCUT2D eigenvalue weighted by Crippen LogP contribution is 2.34. The number of nitrogens with zero attached hydrogens (tertiary/aromatic N) is 1. The number of aryl methyl sites for hydroxylation is 1. The van der Waals surface area contributed by atoms with Crippen LogP contribution in [0.3, 0.4) is 0 Å². The number of hydrogen-bond donors (Lipinski definition) is 0. The van der Waals surface area contributed by atoms with Gasteiger partial charge in [0.15, 0.2) is 9.84 Å². The van der Waals surface area contributed by atoms with Gasteiger partial charge in [0.2, 0.25) is 0 Å². The molecule has 0 aliphatic carbocycles. The molecule has 0 radical (unpaired) electrons. The van der Waals surface area contributed by atoms with Gasteiger partial charge >= 0.3 is 0 Å². The Kier molecular flexibility index (Phi) is 5.46. The van der Waals surface area contributed by atoms with Gasteiger partial charge in [-0.25, -0.2) is 8.42 Å². The zero-order valence-electron chi connectivity index (χ0n) is 13.4. The maximum Gasteiger partial charge on any atom is 0.187 e. The van der Waals surface area contributed by atoms with Gasteiger partial charge in [-0.2, -0.15) is 0 Å². The summed E-state index contributed by atoms with van der Waals surface area (Å²) in [6, 6.07) is 16.6. The highest BCUT2D eigenvalue weighted by molar-refractivity contribution is 14.1. The minimum Gasteiger partial charge on any atom is -0.261 e. The van der Waals surface area contributed by atoms with Crippen molar-refractivity contribution in [1.82, 2.24) is 4.98 Å². The van der Waals surface area contributed by atoms with E-state index in [0.29, 0.717) is 9.92 Å². The summed E-state index contributed by atoms with van der Waals surface area (Å²) >= 11 is 8.05. The first-order valence-corrected chi connectivity index (χ1v) is 11.1. The number of benzene rings is 2. The second kappa shape index (κ2) is 7.43. The van der Waals surface area contributed by atoms with Crippen molar-refractivity contribution in [1.29, 1.82) is 0 Å². The van der Waals surface area contributed by atoms with Crippen LogP contribution in [0.15, 0.2) is 65.7 Å². The van der Waals surface area contributed by atoms with Crippen molar-refractivity contribution in [2.24, 2.45) is 0 Å². The summed E-state index contributed by atoms with van der Waals surface area (Å²) in [5, 5.41) is 0.628. The van der Waals surface area contributed by atoms with Crippen molar-refractivity contribution in [3.05, 3.63) is 71.5 Å². The summed E-state index contributed by atoms with van der Waals surface area (Å²) in [7, 11) is -3.22. The molecule has 0 aliphatic rings. The quantitative estimate of drug-likeness (QED) is 0.361. The molecule has 0 aliphatic heterocycles. The van der Waals surface area contributed by atoms with Gasteiger partial charge < -0.3 is 0 Å². The first-order valence-electron chi connectivity index (χ1n) is 7.52. The molecular formula is C19H15ClINO2S. The van der Waals surface area contributed by atoms with Crippen LogP contribution in [0.4, 0.5) is 0 Å². The predicted molar refractivity (Wildman–Crippen MR) is 111 cm³/mol. The SMILES string of the molecule is Cc1ccc(-c2ccc(Cl)cc2-c2ccc(S(=O)(=O)CI)cc2)cn1. The number of halogens is 2. The van der Waals surface area contributed by atoms with Crippen molar-refractivity contribution in [2.75, 3.05) is 3.76 Å². The van der Waals surface area contributed by atoms with Crippen LogP contribution in [-0.2, 0) is 9.84 Å². The van der Waals surface area contributed by atoms with Gasteiger partial charge in [0, 0.05) is 22.5 Å². The molecule has 0 saturated heterocycles. The van der Waals surface area contributed by atoms with Gasteiger partial charge in [-0.05, 0) is 53.9 Å². The Morgan fingerprint density at radius 2 is 1.64 bits per heavy atom. The van der Waals surface area contributed by atoms with E-state index in [1.165, 1.54) is 0 Å². The lowest BCUT2D eigenvalue weighted by molar-refractivity contribution is 0.601. The molecule has 0 amide bonds. The Bertz CT molecular complexity index is 1000. The van der Waals surface area contributed by atoms with Crippen LogP contribution in [0.25, 0.3) is 22.3 Å². The second-order valence-corrected chi connectivity index (χ2v) is 9.85. The highest BCUT2D eigenvalue weighted by Gasteiger charge is 2.14. The molecule has 6 heteroatoms. The van der Waals surface area contributed by atoms with Gasteiger partial charge in [-0.15, -0.1) is 0 Å². The number of sulfone groups is 1. The molecule has 0 saturated carbocycles. The van der Waals surface area contributed by atoms with E-state index in [-0.39, 0.29) is 3.76 Å². The molecule has 3 aromatic rings. The van der Waals surface area contributed by atoms with Crippen LogP contribution >= 0.6 is 34.2 Å². The summed E-state index contributed by atoms with van der Waals surface area (Å²) in [6.45, 7) is 1.94. The smallest absolute Gasteiger partial charge is 0.187 e. The third-order valence-corrected chi connectivity index (χ3v) is 7.84. The fourth-order valence-corrected chi connectivity index (χ4v) is 4.47. The molecule has 25 heavy (non-hydrogen) atoms. The lowest BCUT2D eigenvalue weighted by Gasteiger charge is -2.12. The standard InChI is InChI=1S/C19H15ClINO2S/c1-13-2-3-15(11-22-13)18-9-6-16(20)10-19(18)14-4-7-17(8-5-14)25(23,24)12-21/h2-11H,12H2,1H3. The number of rotatable bonds is 4. The molecule has 0 unspecified atom stereocenters. The first-order chi connectivity index (χ1) is 11.9. The fraction of sp³-hybridized carbons (Fsp3) is 0.105. The van der Waals surface area contributed by atoms with Crippen molar-refractivity contribution in [3.63, 3.8) is 0 Å². The number of aromatic nitrogens is 1. The van der Waals surface area contributed by atoms with Crippen molar-refractivity contribution in [2.45, 2.75) is 11.8 Å². The van der Waals surface area contributed by atoms with Gasteiger partial charge in [0.1, 0.15) is 3.76 Å². The maximum absolute atomic E-state index is 12.0. The normalized spacial score (nSPS) is 11.5. The highest BCUT2D eigenvalue weighted by atomic mass is 127. The Morgan fingerprint density at radius 1 is 0.960 bits per heavy atom. The molecule has 2 aromatic carbocycles. The fourth-order valence-electron chi connectivity index (χ4n) is 2.54. The third kappa shape index (κ3) is 4.04. The molecule has 0 bridgehead atoms. The van der Waals surface area contributed by atoms with Crippen LogP contribution < -0.4 is 0 Å². The van der Waals surface area contributed by atoms with E-state index in [1.807, 2.05) is 78.2 Å². The topological polar surface area (TPSA) is 47.0 Å². The van der Waals surface area contributed by atoms with E-state index < -0.39 is 9.84 Å². The Hall–Kier alpha value is -1.44. The Balaban J connectivity index is 2.11. The lowest BCUT2D eigenvalue weighted by atomic mass is 9.95. The molecule has 0 spiro atoms. The zero-order chi connectivity index (χ0) is 18.0. The van der Waals surface area contributed by atoms with Crippen LogP contribution in [-0.4, -0.2) is 17.2 Å². The monoisotopic (exact) mass is 483 g/mol. The maximum atomic E-state index is 12.0. The average molecular weight is 484 g/mol. The largest absolute Gasteiger partial charge is 0.261 e. The summed E-state index contributed by atoms with van der Waals surface area (Å²) in [6.07, 6.45) is 1.83. The zero-order valence-corrected chi connectivity index (χ0v) is 17.1. The third-order valence-electron chi connectivity index (χ3n) is 3.87. The van der Waals surface area contributed by atoms with Crippen molar-refractivity contribution < 1.29 is 8.42 Å². The molecule has 1 aromatic heterocycles. The van der Waals surface area contributed by atoms with Crippen LogP contribution in [0.1, 0.15) is 5.69 Å². The van der Waals surface area contributed by atoms with Crippen LogP contribution in [0, 0.1) is 6.92 Å². The van der Waals surface area contributed by atoms with Gasteiger partial charge in [-0.3, -0.25) is 4.98 Å². The van der Waals surface area contributed by atoms with Crippen molar-refractivity contribution >= 4 is 44.0 Å². The van der Waals surface area contributed by atoms with Gasteiger partial charge in [-0.1, -0.05) is 58.5 Å². The summed E-state index contributed by atoms with van der Waals surface area (Å²) in [5.74, 6) is 0. The Labute approximate surface area is 166 Å². The molecule has 1 heterocycles. The Morgan fingerprint density at radius 3 is 2.24 bits per heavy atom. The molecule has 3 nitrogen and oxygen atoms in total. The van der Waals surface area contributed by atoms with Crippen LogP contribution in [0.2, 0.25) is 5.02 Å². The number of alkyl halides is 1. The van der Waals surface area contributed by atoms with Crippen molar-refractivity contribution in [3.8, 4) is 22.3 Å². The second-order valence-electron chi connectivity index (χ2n) is 5.63. The molecule has 0 N–H and O–H groups in total. The van der Waals surface area contributed by atoms with Crippen LogP contribution in [0.5, 0.6) is 0 Å². The summed E-state index contributed by atoms with van der Waals surface area (Å²) < 4.78 is 24.0. The number of pyridine rings is 1. The molecule has 3 rings (SSSR count). The summed E-state index contributed by atoms with van der Waals surface area (Å²) in [4.78, 5) is 4.68. The van der Waals surface area contributed by atoms with E-state index >= 15 is 0 Å². The predicted octanol–water partition coefficient (Wildman–Crippen LogP) is 5.54. The van der Waals surface area contributed by atoms with E-state index in [0.717, 1.165) is 27.9 Å².